The van der Waals surface area contributed by atoms with Crippen LogP contribution >= 0.6 is 0 Å². The number of fused-ring (bicyclic) bond motifs is 2. The van der Waals surface area contributed by atoms with Crippen molar-refractivity contribution in [3.05, 3.63) is 47.7 Å². The number of hydrogen-bond acceptors (Lipinski definition) is 5. The lowest BCUT2D eigenvalue weighted by Crippen LogP contribution is -2.27. The Hall–Kier alpha value is -2.93. The van der Waals surface area contributed by atoms with Crippen LogP contribution in [0.15, 0.2) is 36.4 Å². The summed E-state index contributed by atoms with van der Waals surface area (Å²) in [6, 6.07) is 8.24. The highest BCUT2D eigenvalue weighted by Crippen LogP contribution is 2.44. The number of aliphatic hydroxyl groups is 1. The summed E-state index contributed by atoms with van der Waals surface area (Å²) in [5.74, 6) is -2.51. The molecule has 30 heavy (non-hydrogen) atoms. The third kappa shape index (κ3) is 6.29. The van der Waals surface area contributed by atoms with E-state index in [1.807, 2.05) is 12.1 Å². The van der Waals surface area contributed by atoms with E-state index >= 15 is 0 Å². The van der Waals surface area contributed by atoms with Gasteiger partial charge in [0.25, 0.3) is 0 Å². The lowest BCUT2D eigenvalue weighted by molar-refractivity contribution is -0.134. The van der Waals surface area contributed by atoms with Crippen LogP contribution in [0, 0.1) is 5.41 Å². The molecule has 0 bridgehead atoms. The minimum Gasteiger partial charge on any atom is -0.478 e. The number of aromatic nitrogens is 1. The molecule has 1 aromatic carbocycles. The molecule has 162 valence electrons. The molecular formula is C23H30N2O5. The molecule has 4 N–H and O–H groups in total. The first-order chi connectivity index (χ1) is 14.1. The Morgan fingerprint density at radius 3 is 2.43 bits per heavy atom. The SMILES string of the molecule is CCCCNc1c2c(nc3ccccc13)CC(C)(C)CC2O.O=C(O)/C=C\C(=O)O. The minimum atomic E-state index is -1.26. The summed E-state index contributed by atoms with van der Waals surface area (Å²) in [5.41, 5.74) is 4.29. The molecule has 1 unspecified atom stereocenters. The van der Waals surface area contributed by atoms with Crippen LogP contribution < -0.4 is 5.32 Å². The van der Waals surface area contributed by atoms with Gasteiger partial charge in [-0.1, -0.05) is 45.4 Å². The molecule has 0 saturated heterocycles. The number of unbranched alkanes of at least 4 members (excludes halogenated alkanes) is 1. The quantitative estimate of drug-likeness (QED) is 0.414. The molecule has 1 atom stereocenters. The van der Waals surface area contributed by atoms with Crippen LogP contribution in [0.2, 0.25) is 0 Å². The molecule has 2 aromatic rings. The predicted molar refractivity (Wildman–Crippen MR) is 117 cm³/mol. The van der Waals surface area contributed by atoms with Gasteiger partial charge in [-0.3, -0.25) is 4.98 Å². The molecule has 0 radical (unpaired) electrons. The van der Waals surface area contributed by atoms with E-state index in [1.54, 1.807) is 0 Å². The highest BCUT2D eigenvalue weighted by molar-refractivity contribution is 5.93. The molecule has 1 aliphatic rings. The van der Waals surface area contributed by atoms with Gasteiger partial charge in [-0.2, -0.15) is 0 Å². The molecule has 0 fully saturated rings. The van der Waals surface area contributed by atoms with E-state index in [0.717, 1.165) is 60.1 Å². The molecule has 0 aliphatic heterocycles. The molecule has 7 heteroatoms. The fourth-order valence-electron chi connectivity index (χ4n) is 3.65. The van der Waals surface area contributed by atoms with Crippen LogP contribution in [0.3, 0.4) is 0 Å². The number of carboxylic acids is 2. The van der Waals surface area contributed by atoms with Crippen LogP contribution in [-0.4, -0.2) is 38.8 Å². The third-order valence-electron chi connectivity index (χ3n) is 4.93. The normalized spacial score (nSPS) is 17.1. The van der Waals surface area contributed by atoms with Gasteiger partial charge >= 0.3 is 11.9 Å². The maximum Gasteiger partial charge on any atom is 0.328 e. The van der Waals surface area contributed by atoms with Gasteiger partial charge in [-0.15, -0.1) is 0 Å². The molecule has 1 aliphatic carbocycles. The largest absolute Gasteiger partial charge is 0.478 e. The second-order valence-electron chi connectivity index (χ2n) is 8.22. The van der Waals surface area contributed by atoms with Gasteiger partial charge in [-0.05, 0) is 30.7 Å². The predicted octanol–water partition coefficient (Wildman–Crippen LogP) is 4.16. The van der Waals surface area contributed by atoms with Crippen molar-refractivity contribution in [3.63, 3.8) is 0 Å². The number of aliphatic hydroxyl groups excluding tert-OH is 1. The topological polar surface area (TPSA) is 120 Å². The lowest BCUT2D eigenvalue weighted by atomic mass is 9.74. The summed E-state index contributed by atoms with van der Waals surface area (Å²) in [5, 5.41) is 31.0. The van der Waals surface area contributed by atoms with Crippen molar-refractivity contribution in [2.45, 2.75) is 52.6 Å². The van der Waals surface area contributed by atoms with Gasteiger partial charge in [-0.25, -0.2) is 9.59 Å². The van der Waals surface area contributed by atoms with Crippen molar-refractivity contribution in [2.24, 2.45) is 5.41 Å². The Bertz CT molecular complexity index is 921. The first kappa shape index (κ1) is 23.3. The number of rotatable bonds is 6. The van der Waals surface area contributed by atoms with Gasteiger partial charge in [0.05, 0.1) is 17.3 Å². The van der Waals surface area contributed by atoms with Gasteiger partial charge in [0.15, 0.2) is 0 Å². The fraction of sp³-hybridized carbons (Fsp3) is 0.435. The number of nitrogens with one attached hydrogen (secondary N) is 1. The maximum absolute atomic E-state index is 10.7. The van der Waals surface area contributed by atoms with Gasteiger partial charge in [0, 0.05) is 35.3 Å². The van der Waals surface area contributed by atoms with Gasteiger partial charge in [0.2, 0.25) is 0 Å². The first-order valence-electron chi connectivity index (χ1n) is 10.1. The third-order valence-corrected chi connectivity index (χ3v) is 4.93. The Morgan fingerprint density at radius 1 is 1.20 bits per heavy atom. The Kier molecular flexibility index (Phi) is 7.94. The van der Waals surface area contributed by atoms with Gasteiger partial charge < -0.3 is 20.6 Å². The van der Waals surface area contributed by atoms with Crippen molar-refractivity contribution >= 4 is 28.5 Å². The molecule has 1 aromatic heterocycles. The number of pyridine rings is 1. The Morgan fingerprint density at radius 2 is 1.83 bits per heavy atom. The monoisotopic (exact) mass is 414 g/mol. The number of aliphatic carboxylic acids is 2. The van der Waals surface area contributed by atoms with Crippen LogP contribution in [0.5, 0.6) is 0 Å². The minimum absolute atomic E-state index is 0.0998. The number of benzene rings is 1. The van der Waals surface area contributed by atoms with Crippen LogP contribution in [-0.2, 0) is 16.0 Å². The molecule has 1 heterocycles. The number of anilines is 1. The van der Waals surface area contributed by atoms with Gasteiger partial charge in [0.1, 0.15) is 0 Å². The Labute approximate surface area is 176 Å². The van der Waals surface area contributed by atoms with E-state index in [9.17, 15) is 14.7 Å². The highest BCUT2D eigenvalue weighted by Gasteiger charge is 2.34. The average molecular weight is 415 g/mol. The number of nitrogens with zero attached hydrogens (tertiary/aromatic N) is 1. The Balaban J connectivity index is 0.000000343. The van der Waals surface area contributed by atoms with Crippen molar-refractivity contribution in [3.8, 4) is 0 Å². The zero-order chi connectivity index (χ0) is 22.3. The molecule has 3 rings (SSSR count). The highest BCUT2D eigenvalue weighted by atomic mass is 16.4. The summed E-state index contributed by atoms with van der Waals surface area (Å²) in [4.78, 5) is 24.0. The number of hydrogen-bond donors (Lipinski definition) is 4. The lowest BCUT2D eigenvalue weighted by Gasteiger charge is -2.35. The van der Waals surface area contributed by atoms with E-state index in [2.05, 4.69) is 38.2 Å². The fourth-order valence-corrected chi connectivity index (χ4v) is 3.65. The zero-order valence-electron chi connectivity index (χ0n) is 17.7. The van der Waals surface area contributed by atoms with E-state index < -0.39 is 18.0 Å². The summed E-state index contributed by atoms with van der Waals surface area (Å²) in [6.45, 7) is 7.55. The van der Waals surface area contributed by atoms with E-state index in [1.165, 1.54) is 0 Å². The smallest absolute Gasteiger partial charge is 0.328 e. The second-order valence-corrected chi connectivity index (χ2v) is 8.22. The van der Waals surface area contributed by atoms with Crippen molar-refractivity contribution in [1.82, 2.24) is 4.98 Å². The van der Waals surface area contributed by atoms with E-state index in [-0.39, 0.29) is 5.41 Å². The number of para-hydroxylation sites is 1. The maximum atomic E-state index is 10.7. The van der Waals surface area contributed by atoms with E-state index in [4.69, 9.17) is 15.2 Å². The number of carboxylic acid groups (broad SMARTS) is 2. The number of carbonyl (C=O) groups is 2. The summed E-state index contributed by atoms with van der Waals surface area (Å²) < 4.78 is 0. The van der Waals surface area contributed by atoms with Crippen molar-refractivity contribution < 1.29 is 24.9 Å². The molecule has 0 amide bonds. The van der Waals surface area contributed by atoms with Crippen molar-refractivity contribution in [1.29, 1.82) is 0 Å². The van der Waals surface area contributed by atoms with Crippen molar-refractivity contribution in [2.75, 3.05) is 11.9 Å². The van der Waals surface area contributed by atoms with Crippen LogP contribution in [0.1, 0.15) is 57.4 Å². The average Bonchev–Trinajstić information content (AvgIpc) is 2.65. The van der Waals surface area contributed by atoms with Crippen LogP contribution in [0.4, 0.5) is 5.69 Å². The first-order valence-corrected chi connectivity index (χ1v) is 10.1. The summed E-state index contributed by atoms with van der Waals surface area (Å²) >= 11 is 0. The van der Waals surface area contributed by atoms with Crippen LogP contribution in [0.25, 0.3) is 10.9 Å². The summed E-state index contributed by atoms with van der Waals surface area (Å²) in [7, 11) is 0. The molecule has 0 spiro atoms. The zero-order valence-corrected chi connectivity index (χ0v) is 17.7. The standard InChI is InChI=1S/C19H26N2O.C4H4O4/c1-4-5-10-20-18-13-8-6-7-9-14(13)21-15-11-19(2,3)12-16(22)17(15)18;5-3(6)1-2-4(7)8/h6-9,16,22H,4-5,10-12H2,1-3H3,(H,20,21);1-2H,(H,5,6)(H,7,8)/b;2-1-. The molecular weight excluding hydrogens is 384 g/mol. The summed E-state index contributed by atoms with van der Waals surface area (Å²) in [6.07, 6.45) is 4.70. The van der Waals surface area contributed by atoms with E-state index in [0.29, 0.717) is 12.2 Å². The molecule has 0 saturated carbocycles. The molecule has 7 nitrogen and oxygen atoms in total. The second kappa shape index (κ2) is 10.2.